The van der Waals surface area contributed by atoms with Crippen LogP contribution < -0.4 is 4.74 Å². The molecule has 3 aromatic rings. The van der Waals surface area contributed by atoms with Crippen LogP contribution in [0.25, 0.3) is 11.3 Å². The minimum absolute atomic E-state index is 0.0473. The molecule has 0 saturated heterocycles. The molecule has 1 unspecified atom stereocenters. The van der Waals surface area contributed by atoms with E-state index in [0.29, 0.717) is 30.1 Å². The molecule has 1 amide bonds. The van der Waals surface area contributed by atoms with E-state index in [0.717, 1.165) is 36.1 Å². The molecular formula is C27H33N3O3. The molecular weight excluding hydrogens is 414 g/mol. The smallest absolute Gasteiger partial charge is 0.273 e. The minimum Gasteiger partial charge on any atom is -0.507 e. The van der Waals surface area contributed by atoms with Crippen LogP contribution in [-0.2, 0) is 0 Å². The lowest BCUT2D eigenvalue weighted by Gasteiger charge is -2.26. The van der Waals surface area contributed by atoms with Crippen molar-refractivity contribution in [1.82, 2.24) is 15.1 Å². The highest BCUT2D eigenvalue weighted by Gasteiger charge is 2.42. The Morgan fingerprint density at radius 2 is 1.76 bits per heavy atom. The number of benzene rings is 2. The van der Waals surface area contributed by atoms with Gasteiger partial charge in [-0.15, -0.1) is 0 Å². The van der Waals surface area contributed by atoms with Gasteiger partial charge in [0.25, 0.3) is 5.91 Å². The quantitative estimate of drug-likeness (QED) is 0.349. The third-order valence-electron chi connectivity index (χ3n) is 6.24. The number of H-pyrrole nitrogens is 1. The maximum atomic E-state index is 13.3. The number of carbonyl (C=O) groups is 1. The maximum Gasteiger partial charge on any atom is 0.273 e. The number of carbonyl (C=O) groups excluding carboxylic acids is 1. The Hall–Kier alpha value is -3.28. The zero-order valence-corrected chi connectivity index (χ0v) is 19.5. The number of para-hydroxylation sites is 1. The van der Waals surface area contributed by atoms with Crippen LogP contribution in [0.3, 0.4) is 0 Å². The van der Waals surface area contributed by atoms with Crippen LogP contribution in [0.4, 0.5) is 0 Å². The van der Waals surface area contributed by atoms with Gasteiger partial charge in [0.15, 0.2) is 0 Å². The summed E-state index contributed by atoms with van der Waals surface area (Å²) in [5, 5.41) is 17.8. The molecule has 0 bridgehead atoms. The van der Waals surface area contributed by atoms with Gasteiger partial charge in [0, 0.05) is 17.7 Å². The van der Waals surface area contributed by atoms with E-state index in [1.165, 1.54) is 19.3 Å². The summed E-state index contributed by atoms with van der Waals surface area (Å²) in [6, 6.07) is 14.9. The second kappa shape index (κ2) is 10.6. The Kier molecular flexibility index (Phi) is 7.33. The number of unbranched alkanes of at least 4 members (excludes halogenated alkanes) is 4. The molecule has 1 aromatic heterocycles. The zero-order valence-electron chi connectivity index (χ0n) is 19.5. The van der Waals surface area contributed by atoms with Crippen molar-refractivity contribution >= 4 is 5.91 Å². The maximum absolute atomic E-state index is 13.3. The average molecular weight is 448 g/mol. The summed E-state index contributed by atoms with van der Waals surface area (Å²) in [7, 11) is 0. The van der Waals surface area contributed by atoms with Crippen LogP contribution in [0, 0.1) is 0 Å². The molecule has 2 N–H and O–H groups in total. The number of aromatic nitrogens is 2. The Balaban J connectivity index is 1.64. The van der Waals surface area contributed by atoms with Gasteiger partial charge < -0.3 is 14.7 Å². The molecule has 0 spiro atoms. The van der Waals surface area contributed by atoms with Gasteiger partial charge >= 0.3 is 0 Å². The highest BCUT2D eigenvalue weighted by Crippen LogP contribution is 2.44. The fourth-order valence-electron chi connectivity index (χ4n) is 4.45. The number of aromatic amines is 1. The van der Waals surface area contributed by atoms with Crippen molar-refractivity contribution in [2.45, 2.75) is 58.4 Å². The van der Waals surface area contributed by atoms with Crippen LogP contribution in [0.5, 0.6) is 11.5 Å². The van der Waals surface area contributed by atoms with Crippen molar-refractivity contribution in [3.05, 3.63) is 65.4 Å². The molecule has 174 valence electrons. The Morgan fingerprint density at radius 3 is 2.48 bits per heavy atom. The van der Waals surface area contributed by atoms with Gasteiger partial charge in [0.05, 0.1) is 12.6 Å². The lowest BCUT2D eigenvalue weighted by Crippen LogP contribution is -2.30. The summed E-state index contributed by atoms with van der Waals surface area (Å²) in [4.78, 5) is 15.2. The van der Waals surface area contributed by atoms with Gasteiger partial charge in [-0.25, -0.2) is 0 Å². The number of hydrogen-bond acceptors (Lipinski definition) is 4. The SMILES string of the molecule is CCCCCCOc1ccc(C2c3c(-c4ccccc4O)n[nH]c3C(=O)N2CCCC)cc1. The van der Waals surface area contributed by atoms with Gasteiger partial charge in [-0.05, 0) is 42.7 Å². The molecule has 1 aliphatic rings. The van der Waals surface area contributed by atoms with Crippen LogP contribution in [0.15, 0.2) is 48.5 Å². The van der Waals surface area contributed by atoms with Crippen molar-refractivity contribution in [3.63, 3.8) is 0 Å². The van der Waals surface area contributed by atoms with E-state index >= 15 is 0 Å². The molecule has 4 rings (SSSR count). The van der Waals surface area contributed by atoms with E-state index in [-0.39, 0.29) is 17.7 Å². The van der Waals surface area contributed by atoms with Crippen LogP contribution >= 0.6 is 0 Å². The molecule has 6 heteroatoms. The molecule has 0 radical (unpaired) electrons. The number of ether oxygens (including phenoxy) is 1. The summed E-state index contributed by atoms with van der Waals surface area (Å²) in [6.45, 7) is 5.70. The van der Waals surface area contributed by atoms with E-state index in [1.807, 2.05) is 41.3 Å². The summed E-state index contributed by atoms with van der Waals surface area (Å²) < 4.78 is 5.91. The molecule has 2 heterocycles. The zero-order chi connectivity index (χ0) is 23.2. The number of phenolic OH excluding ortho intramolecular Hbond substituents is 1. The van der Waals surface area contributed by atoms with Crippen molar-refractivity contribution in [1.29, 1.82) is 0 Å². The van der Waals surface area contributed by atoms with Gasteiger partial charge in [-0.1, -0.05) is 63.8 Å². The van der Waals surface area contributed by atoms with E-state index in [9.17, 15) is 9.90 Å². The number of phenols is 1. The van der Waals surface area contributed by atoms with Crippen molar-refractivity contribution < 1.29 is 14.6 Å². The number of fused-ring (bicyclic) bond motifs is 1. The number of aromatic hydroxyl groups is 1. The molecule has 0 saturated carbocycles. The molecule has 33 heavy (non-hydrogen) atoms. The summed E-state index contributed by atoms with van der Waals surface area (Å²) in [5.74, 6) is 0.943. The number of nitrogens with one attached hydrogen (secondary N) is 1. The molecule has 0 aliphatic carbocycles. The third kappa shape index (κ3) is 4.75. The molecule has 1 aliphatic heterocycles. The summed E-state index contributed by atoms with van der Waals surface area (Å²) in [6.07, 6.45) is 6.61. The second-order valence-corrected chi connectivity index (χ2v) is 8.61. The van der Waals surface area contributed by atoms with Gasteiger partial charge in [-0.3, -0.25) is 9.89 Å². The number of nitrogens with zero attached hydrogens (tertiary/aromatic N) is 2. The van der Waals surface area contributed by atoms with Crippen molar-refractivity contribution in [3.8, 4) is 22.8 Å². The highest BCUT2D eigenvalue weighted by molar-refractivity contribution is 6.00. The first-order chi connectivity index (χ1) is 16.2. The first-order valence-corrected chi connectivity index (χ1v) is 12.1. The van der Waals surface area contributed by atoms with E-state index in [2.05, 4.69) is 24.0 Å². The lowest BCUT2D eigenvalue weighted by atomic mass is 9.95. The largest absolute Gasteiger partial charge is 0.507 e. The second-order valence-electron chi connectivity index (χ2n) is 8.61. The van der Waals surface area contributed by atoms with E-state index < -0.39 is 0 Å². The molecule has 0 fully saturated rings. The first kappa shape index (κ1) is 22.9. The Labute approximate surface area is 195 Å². The summed E-state index contributed by atoms with van der Waals surface area (Å²) in [5.41, 5.74) is 3.58. The van der Waals surface area contributed by atoms with Crippen LogP contribution in [0.2, 0.25) is 0 Å². The topological polar surface area (TPSA) is 78.5 Å². The fourth-order valence-corrected chi connectivity index (χ4v) is 4.45. The average Bonchev–Trinajstić information content (AvgIpc) is 3.37. The Morgan fingerprint density at radius 1 is 1.00 bits per heavy atom. The minimum atomic E-state index is -0.258. The number of hydrogen-bond donors (Lipinski definition) is 2. The van der Waals surface area contributed by atoms with E-state index in [4.69, 9.17) is 4.74 Å². The normalized spacial score (nSPS) is 15.2. The first-order valence-electron chi connectivity index (χ1n) is 12.1. The van der Waals surface area contributed by atoms with Gasteiger partial charge in [0.2, 0.25) is 0 Å². The number of rotatable bonds is 11. The predicted octanol–water partition coefficient (Wildman–Crippen LogP) is 6.09. The van der Waals surface area contributed by atoms with Gasteiger partial charge in [0.1, 0.15) is 22.9 Å². The standard InChI is InChI=1S/C27H33N3O3/c1-3-5-7-10-18-33-20-15-13-19(14-16-20)26-23-24(21-11-8-9-12-22(21)31)28-29-25(23)27(32)30(26)17-6-4-2/h8-9,11-16,26,31H,3-7,10,17-18H2,1-2H3,(H,28,29). The summed E-state index contributed by atoms with van der Waals surface area (Å²) >= 11 is 0. The van der Waals surface area contributed by atoms with Crippen LogP contribution in [-0.4, -0.2) is 39.3 Å². The molecule has 2 aromatic carbocycles. The van der Waals surface area contributed by atoms with E-state index in [1.54, 1.807) is 12.1 Å². The van der Waals surface area contributed by atoms with Crippen molar-refractivity contribution in [2.75, 3.05) is 13.2 Å². The monoisotopic (exact) mass is 447 g/mol. The molecule has 6 nitrogen and oxygen atoms in total. The third-order valence-corrected chi connectivity index (χ3v) is 6.24. The fraction of sp³-hybridized carbons (Fsp3) is 0.407. The lowest BCUT2D eigenvalue weighted by molar-refractivity contribution is 0.0741. The molecule has 1 atom stereocenters. The Bertz CT molecular complexity index is 1070. The van der Waals surface area contributed by atoms with Gasteiger partial charge in [-0.2, -0.15) is 5.10 Å². The number of amides is 1. The highest BCUT2D eigenvalue weighted by atomic mass is 16.5. The van der Waals surface area contributed by atoms with Crippen LogP contribution in [0.1, 0.15) is 80.0 Å². The van der Waals surface area contributed by atoms with Crippen molar-refractivity contribution in [2.24, 2.45) is 0 Å². The predicted molar refractivity (Wildman–Crippen MR) is 130 cm³/mol.